The lowest BCUT2D eigenvalue weighted by molar-refractivity contribution is -0.175. The monoisotopic (exact) mass is 496 g/mol. The summed E-state index contributed by atoms with van der Waals surface area (Å²) in [5.74, 6) is -0.704. The molecule has 5 nitrogen and oxygen atoms in total. The molecule has 2 bridgehead atoms. The Morgan fingerprint density at radius 3 is 2.64 bits per heavy atom. The van der Waals surface area contributed by atoms with Gasteiger partial charge in [0.15, 0.2) is 0 Å². The zero-order chi connectivity index (χ0) is 24.6. The van der Waals surface area contributed by atoms with E-state index in [-0.39, 0.29) is 35.8 Å². The van der Waals surface area contributed by atoms with E-state index in [1.54, 1.807) is 0 Å². The van der Waals surface area contributed by atoms with Gasteiger partial charge in [0.1, 0.15) is 11.9 Å². The molecule has 0 spiro atoms. The molecule has 3 aliphatic carbocycles. The Morgan fingerprint density at radius 1 is 1.17 bits per heavy atom. The normalized spacial score (nSPS) is 29.9. The molecular formula is C28H31F3N4O. The molecule has 1 N–H and O–H groups in total. The number of benzene rings is 1. The molecular weight excluding hydrogens is 465 g/mol. The molecule has 5 aliphatic rings. The van der Waals surface area contributed by atoms with Crippen LogP contribution >= 0.6 is 0 Å². The van der Waals surface area contributed by atoms with Crippen LogP contribution in [0.2, 0.25) is 0 Å². The Morgan fingerprint density at radius 2 is 1.94 bits per heavy atom. The highest BCUT2D eigenvalue weighted by atomic mass is 19.1. The zero-order valence-electron chi connectivity index (χ0n) is 20.4. The highest BCUT2D eigenvalue weighted by Crippen LogP contribution is 2.64. The van der Waals surface area contributed by atoms with Crippen LogP contribution in [0.3, 0.4) is 0 Å². The number of ether oxygens (including phenoxy) is 1. The fraction of sp³-hybridized carbons (Fsp3) is 0.536. The van der Waals surface area contributed by atoms with Gasteiger partial charge in [-0.1, -0.05) is 18.2 Å². The zero-order valence-corrected chi connectivity index (χ0v) is 20.4. The van der Waals surface area contributed by atoms with E-state index in [4.69, 9.17) is 4.74 Å². The summed E-state index contributed by atoms with van der Waals surface area (Å²) < 4.78 is 49.8. The minimum atomic E-state index is -0.807. The number of aromatic amines is 1. The Kier molecular flexibility index (Phi) is 5.16. The van der Waals surface area contributed by atoms with Gasteiger partial charge in [0.2, 0.25) is 11.8 Å². The van der Waals surface area contributed by atoms with Crippen LogP contribution in [0, 0.1) is 17.7 Å². The molecule has 3 saturated carbocycles. The maximum Gasteiger partial charge on any atom is 0.224 e. The maximum absolute atomic E-state index is 15.8. The predicted octanol–water partition coefficient (Wildman–Crippen LogP) is 5.15. The van der Waals surface area contributed by atoms with Gasteiger partial charge in [-0.25, -0.2) is 4.39 Å². The summed E-state index contributed by atoms with van der Waals surface area (Å²) in [6.45, 7) is 3.73. The van der Waals surface area contributed by atoms with Gasteiger partial charge < -0.3 is 9.72 Å². The first-order valence-corrected chi connectivity index (χ1v) is 13.1. The number of H-pyrrole nitrogens is 1. The molecule has 1 aromatic carbocycles. The van der Waals surface area contributed by atoms with E-state index in [1.165, 1.54) is 6.07 Å². The molecule has 0 unspecified atom stereocenters. The smallest absolute Gasteiger partial charge is 0.224 e. The van der Waals surface area contributed by atoms with Crippen LogP contribution in [0.1, 0.15) is 55.5 Å². The van der Waals surface area contributed by atoms with Gasteiger partial charge in [-0.2, -0.15) is 9.37 Å². The van der Waals surface area contributed by atoms with E-state index in [0.717, 1.165) is 53.8 Å². The van der Waals surface area contributed by atoms with Gasteiger partial charge in [0, 0.05) is 53.9 Å². The van der Waals surface area contributed by atoms with Crippen LogP contribution < -0.4 is 4.74 Å². The van der Waals surface area contributed by atoms with E-state index in [0.29, 0.717) is 26.1 Å². The largest absolute Gasteiger partial charge is 0.471 e. The Hall–Kier alpha value is -2.58. The van der Waals surface area contributed by atoms with E-state index >= 15 is 8.78 Å². The molecule has 3 aromatic rings. The molecule has 36 heavy (non-hydrogen) atoms. The van der Waals surface area contributed by atoms with Gasteiger partial charge in [0.25, 0.3) is 0 Å². The average molecular weight is 497 g/mol. The van der Waals surface area contributed by atoms with Crippen molar-refractivity contribution in [3.8, 4) is 5.88 Å². The fourth-order valence-electron chi connectivity index (χ4n) is 7.25. The van der Waals surface area contributed by atoms with Crippen molar-refractivity contribution in [2.75, 3.05) is 26.3 Å². The first-order chi connectivity index (χ1) is 17.5. The van der Waals surface area contributed by atoms with Crippen LogP contribution in [0.4, 0.5) is 13.2 Å². The van der Waals surface area contributed by atoms with Crippen molar-refractivity contribution >= 4 is 10.9 Å². The lowest BCUT2D eigenvalue weighted by Gasteiger charge is -2.70. The van der Waals surface area contributed by atoms with Gasteiger partial charge in [-0.15, -0.1) is 0 Å². The summed E-state index contributed by atoms with van der Waals surface area (Å²) in [5.41, 5.74) is 3.05. The summed E-state index contributed by atoms with van der Waals surface area (Å²) >= 11 is 0. The van der Waals surface area contributed by atoms with Crippen molar-refractivity contribution < 1.29 is 17.9 Å². The molecule has 0 amide bonds. The van der Waals surface area contributed by atoms with Crippen LogP contribution in [-0.2, 0) is 6.42 Å². The number of fused-ring (bicyclic) bond motifs is 3. The molecule has 4 heterocycles. The number of hydrogen-bond donors (Lipinski definition) is 1. The number of para-hydroxylation sites is 1. The minimum Gasteiger partial charge on any atom is -0.471 e. The van der Waals surface area contributed by atoms with E-state index in [1.807, 2.05) is 18.2 Å². The minimum absolute atomic E-state index is 0.00427. The molecule has 190 valence electrons. The SMILES string of the molecule is C[C@@H]1Cc2c([nH]c3ccccc23)[C@@H](c2c(F)cc(OC3CN(CCCF)C3)nc2F)N1C12CC(C1)C2. The second-order valence-electron chi connectivity index (χ2n) is 11.3. The van der Waals surface area contributed by atoms with Gasteiger partial charge >= 0.3 is 0 Å². The number of likely N-dealkylation sites (tertiary alicyclic amines) is 1. The number of aromatic nitrogens is 2. The number of nitrogens with one attached hydrogen (secondary N) is 1. The lowest BCUT2D eigenvalue weighted by Crippen LogP contribution is -2.71. The van der Waals surface area contributed by atoms with Crippen LogP contribution in [0.15, 0.2) is 30.3 Å². The standard InChI is InChI=1S/C28H31F3N4O/c1-16-9-20-19-5-2-3-6-22(19)32-25(20)26(35(16)28-11-17(12-28)13-28)24-21(30)10-23(33-27(24)31)36-18-14-34(15-18)8-4-7-29/h2-3,5-6,10,16-18,26,32H,4,7-9,11-15H2,1H3/t16-,17?,26-,28?/m1/s1. The van der Waals surface area contributed by atoms with Crippen LogP contribution in [0.25, 0.3) is 10.9 Å². The third kappa shape index (κ3) is 3.33. The van der Waals surface area contributed by atoms with Crippen LogP contribution in [0.5, 0.6) is 5.88 Å². The van der Waals surface area contributed by atoms with E-state index < -0.39 is 17.8 Å². The van der Waals surface area contributed by atoms with Crippen molar-refractivity contribution in [3.63, 3.8) is 0 Å². The Balaban J connectivity index is 1.25. The molecule has 4 fully saturated rings. The predicted molar refractivity (Wildman–Crippen MR) is 131 cm³/mol. The van der Waals surface area contributed by atoms with Crippen molar-refractivity contribution in [3.05, 3.63) is 58.9 Å². The van der Waals surface area contributed by atoms with Crippen LogP contribution in [-0.4, -0.2) is 63.8 Å². The first kappa shape index (κ1) is 22.6. The van der Waals surface area contributed by atoms with Crippen molar-refractivity contribution in [1.29, 1.82) is 0 Å². The summed E-state index contributed by atoms with van der Waals surface area (Å²) in [6, 6.07) is 8.94. The van der Waals surface area contributed by atoms with E-state index in [9.17, 15) is 4.39 Å². The van der Waals surface area contributed by atoms with E-state index in [2.05, 4.69) is 32.8 Å². The van der Waals surface area contributed by atoms with Gasteiger partial charge in [-0.05, 0) is 56.6 Å². The fourth-order valence-corrected chi connectivity index (χ4v) is 7.25. The molecule has 2 aromatic heterocycles. The summed E-state index contributed by atoms with van der Waals surface area (Å²) in [7, 11) is 0. The number of pyridine rings is 1. The summed E-state index contributed by atoms with van der Waals surface area (Å²) in [5, 5.41) is 1.12. The van der Waals surface area contributed by atoms with Crippen molar-refractivity contribution in [1.82, 2.24) is 19.8 Å². The number of alkyl halides is 1. The Labute approximate surface area is 208 Å². The number of rotatable bonds is 7. The quantitative estimate of drug-likeness (QED) is 0.460. The molecule has 8 heteroatoms. The Bertz CT molecular complexity index is 1280. The first-order valence-electron chi connectivity index (χ1n) is 13.1. The second-order valence-corrected chi connectivity index (χ2v) is 11.3. The van der Waals surface area contributed by atoms with Gasteiger partial charge in [-0.3, -0.25) is 14.2 Å². The van der Waals surface area contributed by atoms with Gasteiger partial charge in [0.05, 0.1) is 18.3 Å². The highest BCUT2D eigenvalue weighted by molar-refractivity contribution is 5.85. The van der Waals surface area contributed by atoms with Crippen molar-refractivity contribution in [2.24, 2.45) is 5.92 Å². The number of hydrogen-bond acceptors (Lipinski definition) is 4. The second kappa shape index (κ2) is 8.21. The molecule has 2 atom stereocenters. The highest BCUT2D eigenvalue weighted by Gasteiger charge is 2.63. The average Bonchev–Trinajstić information content (AvgIpc) is 3.12. The van der Waals surface area contributed by atoms with Crippen molar-refractivity contribution in [2.45, 2.75) is 62.8 Å². The summed E-state index contributed by atoms with van der Waals surface area (Å²) in [6.07, 6.45) is 4.44. The molecule has 1 saturated heterocycles. The molecule has 0 radical (unpaired) electrons. The topological polar surface area (TPSA) is 44.4 Å². The summed E-state index contributed by atoms with van der Waals surface area (Å²) in [4.78, 5) is 12.1. The maximum atomic E-state index is 15.8. The molecule has 8 rings (SSSR count). The number of nitrogens with zero attached hydrogens (tertiary/aromatic N) is 3. The lowest BCUT2D eigenvalue weighted by atomic mass is 9.48. The molecule has 2 aliphatic heterocycles. The number of halogens is 3. The third-order valence-corrected chi connectivity index (χ3v) is 8.96. The third-order valence-electron chi connectivity index (χ3n) is 8.96.